The van der Waals surface area contributed by atoms with Gasteiger partial charge in [-0.3, -0.25) is 0 Å². The molecule has 1 aliphatic rings. The Bertz CT molecular complexity index is 569. The molecule has 6 heteroatoms. The van der Waals surface area contributed by atoms with Gasteiger partial charge < -0.3 is 5.32 Å². The van der Waals surface area contributed by atoms with Gasteiger partial charge in [-0.05, 0) is 59.9 Å². The van der Waals surface area contributed by atoms with Gasteiger partial charge in [-0.25, -0.2) is 8.42 Å². The summed E-state index contributed by atoms with van der Waals surface area (Å²) in [4.78, 5) is 0.335. The van der Waals surface area contributed by atoms with Crippen molar-refractivity contribution < 1.29 is 8.42 Å². The second-order valence-electron chi connectivity index (χ2n) is 5.37. The smallest absolute Gasteiger partial charge is 0.243 e. The van der Waals surface area contributed by atoms with Crippen LogP contribution in [0, 0.1) is 6.92 Å². The Morgan fingerprint density at radius 1 is 1.40 bits per heavy atom. The zero-order chi connectivity index (χ0) is 14.8. The second kappa shape index (κ2) is 6.56. The van der Waals surface area contributed by atoms with Crippen molar-refractivity contribution in [2.24, 2.45) is 0 Å². The van der Waals surface area contributed by atoms with E-state index in [1.54, 1.807) is 13.1 Å². The summed E-state index contributed by atoms with van der Waals surface area (Å²) in [6.07, 6.45) is 3.38. The van der Waals surface area contributed by atoms with E-state index in [1.165, 1.54) is 17.1 Å². The lowest BCUT2D eigenvalue weighted by Gasteiger charge is -2.28. The molecule has 1 aromatic carbocycles. The van der Waals surface area contributed by atoms with Crippen LogP contribution in [0.1, 0.15) is 24.8 Å². The van der Waals surface area contributed by atoms with Crippen molar-refractivity contribution in [2.75, 3.05) is 20.1 Å². The number of aryl methyl sites for hydroxylation is 1. The van der Waals surface area contributed by atoms with Gasteiger partial charge in [-0.15, -0.1) is 0 Å². The molecule has 1 N–H and O–H groups in total. The number of piperidine rings is 1. The van der Waals surface area contributed by atoms with Crippen LogP contribution >= 0.6 is 15.9 Å². The van der Waals surface area contributed by atoms with E-state index < -0.39 is 10.0 Å². The van der Waals surface area contributed by atoms with Gasteiger partial charge in [0.15, 0.2) is 0 Å². The molecule has 1 heterocycles. The topological polar surface area (TPSA) is 49.4 Å². The van der Waals surface area contributed by atoms with Crippen molar-refractivity contribution >= 4 is 26.0 Å². The van der Waals surface area contributed by atoms with Gasteiger partial charge in [0.1, 0.15) is 0 Å². The van der Waals surface area contributed by atoms with Crippen LogP contribution in [-0.4, -0.2) is 38.9 Å². The van der Waals surface area contributed by atoms with E-state index in [0.29, 0.717) is 15.9 Å². The predicted octanol–water partition coefficient (Wildman–Crippen LogP) is 2.52. The van der Waals surface area contributed by atoms with E-state index in [9.17, 15) is 8.42 Å². The molecule has 0 radical (unpaired) electrons. The molecule has 20 heavy (non-hydrogen) atoms. The van der Waals surface area contributed by atoms with Crippen LogP contribution in [0.4, 0.5) is 0 Å². The SMILES string of the molecule is Cc1ccc(S(=O)(=O)N(C)CC2CCCCN2)c(Br)c1. The van der Waals surface area contributed by atoms with Gasteiger partial charge in [-0.1, -0.05) is 12.5 Å². The summed E-state index contributed by atoms with van der Waals surface area (Å²) in [5.41, 5.74) is 1.03. The summed E-state index contributed by atoms with van der Waals surface area (Å²) in [5, 5.41) is 3.38. The fraction of sp³-hybridized carbons (Fsp3) is 0.571. The number of nitrogens with one attached hydrogen (secondary N) is 1. The van der Waals surface area contributed by atoms with Gasteiger partial charge in [0, 0.05) is 24.1 Å². The normalized spacial score (nSPS) is 20.3. The van der Waals surface area contributed by atoms with E-state index in [2.05, 4.69) is 21.2 Å². The average molecular weight is 361 g/mol. The van der Waals surface area contributed by atoms with Crippen LogP contribution in [0.15, 0.2) is 27.6 Å². The van der Waals surface area contributed by atoms with Crippen molar-refractivity contribution in [1.29, 1.82) is 0 Å². The molecular formula is C14H21BrN2O2S. The summed E-state index contributed by atoms with van der Waals surface area (Å²) in [6, 6.07) is 5.58. The minimum atomic E-state index is -3.44. The highest BCUT2D eigenvalue weighted by atomic mass is 79.9. The Kier molecular flexibility index (Phi) is 5.23. The number of benzene rings is 1. The highest BCUT2D eigenvalue weighted by Gasteiger charge is 2.26. The largest absolute Gasteiger partial charge is 0.313 e. The summed E-state index contributed by atoms with van der Waals surface area (Å²) >= 11 is 3.35. The van der Waals surface area contributed by atoms with E-state index in [0.717, 1.165) is 18.5 Å². The standard InChI is InChI=1S/C14H21BrN2O2S/c1-11-6-7-14(13(15)9-11)20(18,19)17(2)10-12-5-3-4-8-16-12/h6-7,9,12,16H,3-5,8,10H2,1-2H3. The first-order valence-corrected chi connectivity index (χ1v) is 9.10. The average Bonchev–Trinajstić information content (AvgIpc) is 2.39. The highest BCUT2D eigenvalue weighted by Crippen LogP contribution is 2.26. The third-order valence-corrected chi connectivity index (χ3v) is 6.47. The number of nitrogens with zero attached hydrogens (tertiary/aromatic N) is 1. The maximum Gasteiger partial charge on any atom is 0.243 e. The Hall–Kier alpha value is -0.430. The number of halogens is 1. The third kappa shape index (κ3) is 3.61. The maximum absolute atomic E-state index is 12.6. The van der Waals surface area contributed by atoms with E-state index >= 15 is 0 Å². The van der Waals surface area contributed by atoms with Gasteiger partial charge in [0.05, 0.1) is 4.90 Å². The first-order chi connectivity index (χ1) is 9.41. The molecule has 112 valence electrons. The van der Waals surface area contributed by atoms with E-state index in [4.69, 9.17) is 0 Å². The predicted molar refractivity (Wildman–Crippen MR) is 84.3 cm³/mol. The lowest BCUT2D eigenvalue weighted by atomic mass is 10.1. The van der Waals surface area contributed by atoms with E-state index in [-0.39, 0.29) is 6.04 Å². The van der Waals surface area contributed by atoms with Crippen molar-refractivity contribution in [3.8, 4) is 0 Å². The van der Waals surface area contributed by atoms with Gasteiger partial charge in [0.2, 0.25) is 10.0 Å². The summed E-state index contributed by atoms with van der Waals surface area (Å²) in [5.74, 6) is 0. The summed E-state index contributed by atoms with van der Waals surface area (Å²) in [6.45, 7) is 3.44. The van der Waals surface area contributed by atoms with Crippen LogP contribution in [-0.2, 0) is 10.0 Å². The molecule has 1 aromatic rings. The van der Waals surface area contributed by atoms with Crippen molar-refractivity contribution in [1.82, 2.24) is 9.62 Å². The van der Waals surface area contributed by atoms with Crippen LogP contribution in [0.25, 0.3) is 0 Å². The first-order valence-electron chi connectivity index (χ1n) is 6.87. The molecule has 0 amide bonds. The summed E-state index contributed by atoms with van der Waals surface area (Å²) in [7, 11) is -1.79. The Morgan fingerprint density at radius 3 is 2.75 bits per heavy atom. The quantitative estimate of drug-likeness (QED) is 0.897. The molecule has 0 saturated carbocycles. The number of sulfonamides is 1. The van der Waals surface area contributed by atoms with Crippen LogP contribution in [0.2, 0.25) is 0 Å². The van der Waals surface area contributed by atoms with Crippen LogP contribution in [0.3, 0.4) is 0 Å². The van der Waals surface area contributed by atoms with Crippen LogP contribution in [0.5, 0.6) is 0 Å². The number of hydrogen-bond acceptors (Lipinski definition) is 3. The molecule has 0 aliphatic carbocycles. The molecule has 2 rings (SSSR count). The highest BCUT2D eigenvalue weighted by molar-refractivity contribution is 9.10. The maximum atomic E-state index is 12.6. The Labute approximate surface area is 129 Å². The fourth-order valence-electron chi connectivity index (χ4n) is 2.47. The van der Waals surface area contributed by atoms with Crippen molar-refractivity contribution in [3.05, 3.63) is 28.2 Å². The molecule has 1 atom stereocenters. The first kappa shape index (κ1) is 15.9. The molecule has 0 bridgehead atoms. The zero-order valence-electron chi connectivity index (χ0n) is 11.9. The Morgan fingerprint density at radius 2 is 2.15 bits per heavy atom. The molecule has 4 nitrogen and oxygen atoms in total. The zero-order valence-corrected chi connectivity index (χ0v) is 14.3. The monoisotopic (exact) mass is 360 g/mol. The molecule has 1 saturated heterocycles. The van der Waals surface area contributed by atoms with Gasteiger partial charge in [0.25, 0.3) is 0 Å². The van der Waals surface area contributed by atoms with Crippen LogP contribution < -0.4 is 5.32 Å². The lowest BCUT2D eigenvalue weighted by Crippen LogP contribution is -2.44. The number of likely N-dealkylation sites (N-methyl/N-ethyl adjacent to an activating group) is 1. The molecule has 1 aliphatic heterocycles. The third-order valence-electron chi connectivity index (χ3n) is 3.67. The minimum Gasteiger partial charge on any atom is -0.313 e. The Balaban J connectivity index is 2.16. The van der Waals surface area contributed by atoms with E-state index in [1.807, 2.05) is 19.1 Å². The molecule has 0 aromatic heterocycles. The number of hydrogen-bond donors (Lipinski definition) is 1. The fourth-order valence-corrected chi connectivity index (χ4v) is 4.84. The summed E-state index contributed by atoms with van der Waals surface area (Å²) < 4.78 is 27.3. The van der Waals surface area contributed by atoms with Gasteiger partial charge in [-0.2, -0.15) is 4.31 Å². The minimum absolute atomic E-state index is 0.257. The number of rotatable bonds is 4. The van der Waals surface area contributed by atoms with Crippen molar-refractivity contribution in [2.45, 2.75) is 37.1 Å². The molecular weight excluding hydrogens is 340 g/mol. The lowest BCUT2D eigenvalue weighted by molar-refractivity contribution is 0.337. The van der Waals surface area contributed by atoms with Crippen molar-refractivity contribution in [3.63, 3.8) is 0 Å². The molecule has 1 fully saturated rings. The van der Waals surface area contributed by atoms with Gasteiger partial charge >= 0.3 is 0 Å². The molecule has 0 spiro atoms. The second-order valence-corrected chi connectivity index (χ2v) is 8.23. The molecule has 1 unspecified atom stereocenters.